The van der Waals surface area contributed by atoms with E-state index in [1.54, 1.807) is 0 Å². The Morgan fingerprint density at radius 3 is 2.15 bits per heavy atom. The molecule has 0 spiro atoms. The lowest BCUT2D eigenvalue weighted by molar-refractivity contribution is 0.620. The molecule has 1 rings (SSSR count). The number of hydrogen-bond donors (Lipinski definition) is 2. The van der Waals surface area contributed by atoms with Crippen LogP contribution < -0.4 is 11.5 Å². The second-order valence-corrected chi connectivity index (χ2v) is 3.30. The number of halogens is 1. The van der Waals surface area contributed by atoms with Crippen LogP contribution in [0.25, 0.3) is 0 Å². The molecule has 0 saturated carbocycles. The maximum absolute atomic E-state index is 12.9. The third kappa shape index (κ3) is 2.05. The fourth-order valence-electron chi connectivity index (χ4n) is 1.62. The van der Waals surface area contributed by atoms with Gasteiger partial charge in [-0.05, 0) is 42.7 Å². The summed E-state index contributed by atoms with van der Waals surface area (Å²) in [4.78, 5) is 0. The lowest BCUT2D eigenvalue weighted by Gasteiger charge is -2.15. The predicted molar refractivity (Wildman–Crippen MR) is 51.9 cm³/mol. The fraction of sp³-hybridized carbons (Fsp3) is 0.400. The van der Waals surface area contributed by atoms with Gasteiger partial charge >= 0.3 is 0 Å². The predicted octanol–water partition coefficient (Wildman–Crippen LogP) is 1.40. The van der Waals surface area contributed by atoms with Gasteiger partial charge in [0.25, 0.3) is 0 Å². The maximum Gasteiger partial charge on any atom is 0.123 e. The molecule has 4 N–H and O–H groups in total. The summed E-state index contributed by atoms with van der Waals surface area (Å²) >= 11 is 0. The molecule has 0 bridgehead atoms. The standard InChI is InChI=1S/C10H15FN2/c1-6-3-8(11)4-7(2)10(6)9(13)5-12/h3-4,9H,5,12-13H2,1-2H3. The van der Waals surface area contributed by atoms with Crippen molar-refractivity contribution in [3.05, 3.63) is 34.6 Å². The third-order valence-electron chi connectivity index (χ3n) is 2.18. The number of nitrogens with two attached hydrogens (primary N) is 2. The van der Waals surface area contributed by atoms with Gasteiger partial charge in [0, 0.05) is 12.6 Å². The first-order valence-corrected chi connectivity index (χ1v) is 4.28. The number of benzene rings is 1. The normalized spacial score (nSPS) is 13.0. The Morgan fingerprint density at radius 1 is 1.31 bits per heavy atom. The van der Waals surface area contributed by atoms with Crippen molar-refractivity contribution in [2.24, 2.45) is 11.5 Å². The van der Waals surface area contributed by atoms with Crippen LogP contribution in [0.2, 0.25) is 0 Å². The van der Waals surface area contributed by atoms with Crippen molar-refractivity contribution < 1.29 is 4.39 Å². The minimum Gasteiger partial charge on any atom is -0.329 e. The van der Waals surface area contributed by atoms with Crippen molar-refractivity contribution in [2.45, 2.75) is 19.9 Å². The van der Waals surface area contributed by atoms with Gasteiger partial charge < -0.3 is 11.5 Å². The van der Waals surface area contributed by atoms with E-state index in [4.69, 9.17) is 11.5 Å². The van der Waals surface area contributed by atoms with Crippen LogP contribution in [-0.4, -0.2) is 6.54 Å². The van der Waals surface area contributed by atoms with Gasteiger partial charge in [-0.3, -0.25) is 0 Å². The minimum absolute atomic E-state index is 0.194. The Morgan fingerprint density at radius 2 is 1.77 bits per heavy atom. The largest absolute Gasteiger partial charge is 0.329 e. The zero-order chi connectivity index (χ0) is 10.0. The molecule has 13 heavy (non-hydrogen) atoms. The van der Waals surface area contributed by atoms with Crippen LogP contribution in [0.1, 0.15) is 22.7 Å². The number of aryl methyl sites for hydroxylation is 2. The Bertz CT molecular complexity index is 287. The minimum atomic E-state index is -0.219. The van der Waals surface area contributed by atoms with Crippen LogP contribution in [0.5, 0.6) is 0 Å². The summed E-state index contributed by atoms with van der Waals surface area (Å²) in [5.41, 5.74) is 14.0. The smallest absolute Gasteiger partial charge is 0.123 e. The quantitative estimate of drug-likeness (QED) is 0.726. The van der Waals surface area contributed by atoms with Gasteiger partial charge in [0.2, 0.25) is 0 Å². The summed E-state index contributed by atoms with van der Waals surface area (Å²) in [6.45, 7) is 4.08. The van der Waals surface area contributed by atoms with Gasteiger partial charge in [-0.2, -0.15) is 0 Å². The van der Waals surface area contributed by atoms with E-state index in [2.05, 4.69) is 0 Å². The average Bonchev–Trinajstić information content (AvgIpc) is 2.02. The van der Waals surface area contributed by atoms with E-state index < -0.39 is 0 Å². The molecule has 2 nitrogen and oxygen atoms in total. The second kappa shape index (κ2) is 3.85. The zero-order valence-corrected chi connectivity index (χ0v) is 7.97. The summed E-state index contributed by atoms with van der Waals surface area (Å²) in [5.74, 6) is -0.219. The summed E-state index contributed by atoms with van der Waals surface area (Å²) in [6, 6.07) is 2.77. The molecule has 0 radical (unpaired) electrons. The molecule has 1 aromatic carbocycles. The first-order chi connectivity index (χ1) is 6.06. The van der Waals surface area contributed by atoms with E-state index in [1.165, 1.54) is 12.1 Å². The van der Waals surface area contributed by atoms with Gasteiger partial charge in [0.05, 0.1) is 0 Å². The van der Waals surface area contributed by atoms with E-state index in [-0.39, 0.29) is 11.9 Å². The van der Waals surface area contributed by atoms with Crippen LogP contribution >= 0.6 is 0 Å². The summed E-state index contributed by atoms with van der Waals surface area (Å²) in [6.07, 6.45) is 0. The van der Waals surface area contributed by atoms with Crippen LogP contribution in [0.3, 0.4) is 0 Å². The van der Waals surface area contributed by atoms with Crippen molar-refractivity contribution in [2.75, 3.05) is 6.54 Å². The van der Waals surface area contributed by atoms with Crippen molar-refractivity contribution in [3.8, 4) is 0 Å². The molecule has 0 amide bonds. The topological polar surface area (TPSA) is 52.0 Å². The van der Waals surface area contributed by atoms with Crippen LogP contribution in [0.15, 0.2) is 12.1 Å². The first kappa shape index (κ1) is 10.2. The molecule has 3 heteroatoms. The van der Waals surface area contributed by atoms with E-state index in [0.29, 0.717) is 6.54 Å². The zero-order valence-electron chi connectivity index (χ0n) is 7.97. The molecule has 1 unspecified atom stereocenters. The van der Waals surface area contributed by atoms with E-state index in [0.717, 1.165) is 16.7 Å². The van der Waals surface area contributed by atoms with Crippen molar-refractivity contribution in [1.82, 2.24) is 0 Å². The van der Waals surface area contributed by atoms with Gasteiger partial charge in [0.15, 0.2) is 0 Å². The highest BCUT2D eigenvalue weighted by molar-refractivity contribution is 5.36. The van der Waals surface area contributed by atoms with Gasteiger partial charge in [-0.15, -0.1) is 0 Å². The number of hydrogen-bond acceptors (Lipinski definition) is 2. The van der Waals surface area contributed by atoms with Crippen molar-refractivity contribution in [1.29, 1.82) is 0 Å². The Kier molecular flexibility index (Phi) is 3.01. The molecule has 1 atom stereocenters. The third-order valence-corrected chi connectivity index (χ3v) is 2.18. The van der Waals surface area contributed by atoms with E-state index >= 15 is 0 Å². The van der Waals surface area contributed by atoms with Gasteiger partial charge in [-0.25, -0.2) is 4.39 Å². The molecule has 0 saturated heterocycles. The second-order valence-electron chi connectivity index (χ2n) is 3.30. The summed E-state index contributed by atoms with van der Waals surface area (Å²) in [5, 5.41) is 0. The lowest BCUT2D eigenvalue weighted by Crippen LogP contribution is -2.22. The maximum atomic E-state index is 12.9. The SMILES string of the molecule is Cc1cc(F)cc(C)c1C(N)CN. The highest BCUT2D eigenvalue weighted by Crippen LogP contribution is 2.20. The lowest BCUT2D eigenvalue weighted by atomic mass is 9.96. The molecule has 0 heterocycles. The van der Waals surface area contributed by atoms with Crippen LogP contribution in [0.4, 0.5) is 4.39 Å². The first-order valence-electron chi connectivity index (χ1n) is 4.28. The molecular formula is C10H15FN2. The van der Waals surface area contributed by atoms with E-state index in [1.807, 2.05) is 13.8 Å². The summed E-state index contributed by atoms with van der Waals surface area (Å²) in [7, 11) is 0. The molecule has 0 aromatic heterocycles. The monoisotopic (exact) mass is 182 g/mol. The molecule has 0 fully saturated rings. The molecule has 0 aliphatic rings. The van der Waals surface area contributed by atoms with Gasteiger partial charge in [0.1, 0.15) is 5.82 Å². The van der Waals surface area contributed by atoms with E-state index in [9.17, 15) is 4.39 Å². The Hall–Kier alpha value is -0.930. The Labute approximate surface area is 77.7 Å². The van der Waals surface area contributed by atoms with Crippen molar-refractivity contribution >= 4 is 0 Å². The fourth-order valence-corrected chi connectivity index (χ4v) is 1.62. The number of rotatable bonds is 2. The molecule has 72 valence electrons. The molecular weight excluding hydrogens is 167 g/mol. The molecule has 0 aliphatic carbocycles. The Balaban J connectivity index is 3.20. The summed E-state index contributed by atoms with van der Waals surface area (Å²) < 4.78 is 12.9. The van der Waals surface area contributed by atoms with Crippen molar-refractivity contribution in [3.63, 3.8) is 0 Å². The average molecular weight is 182 g/mol. The van der Waals surface area contributed by atoms with Gasteiger partial charge in [-0.1, -0.05) is 0 Å². The highest BCUT2D eigenvalue weighted by atomic mass is 19.1. The molecule has 0 aliphatic heterocycles. The highest BCUT2D eigenvalue weighted by Gasteiger charge is 2.11. The molecule has 1 aromatic rings. The van der Waals surface area contributed by atoms with Crippen LogP contribution in [0, 0.1) is 19.7 Å². The van der Waals surface area contributed by atoms with Crippen LogP contribution in [-0.2, 0) is 0 Å².